The van der Waals surface area contributed by atoms with Gasteiger partial charge < -0.3 is 15.4 Å². The Morgan fingerprint density at radius 3 is 2.56 bits per heavy atom. The van der Waals surface area contributed by atoms with Gasteiger partial charge in [-0.25, -0.2) is 0 Å². The normalized spacial score (nSPS) is 10.9. The Labute approximate surface area is 108 Å². The molecule has 0 aliphatic carbocycles. The summed E-state index contributed by atoms with van der Waals surface area (Å²) in [6, 6.07) is 10.5. The highest BCUT2D eigenvalue weighted by Crippen LogP contribution is 2.36. The molecule has 18 heavy (non-hydrogen) atoms. The molecule has 3 rings (SSSR count). The van der Waals surface area contributed by atoms with Gasteiger partial charge in [0.15, 0.2) is 5.58 Å². The Hall–Kier alpha value is -2.20. The third-order valence-electron chi connectivity index (χ3n) is 2.74. The number of halogens is 1. The number of nitrogen functional groups attached to an aromatic ring is 1. The number of phenols is 1. The molecule has 0 saturated heterocycles. The SMILES string of the molecule is Nc1ccc(-c2noc3c(Cl)c(O)ccc23)cc1. The fourth-order valence-electron chi connectivity index (χ4n) is 1.81. The van der Waals surface area contributed by atoms with E-state index in [4.69, 9.17) is 21.9 Å². The van der Waals surface area contributed by atoms with Crippen LogP contribution in [0.2, 0.25) is 5.02 Å². The Morgan fingerprint density at radius 1 is 1.11 bits per heavy atom. The molecule has 0 fully saturated rings. The predicted molar refractivity (Wildman–Crippen MR) is 70.5 cm³/mol. The molecule has 3 N–H and O–H groups in total. The van der Waals surface area contributed by atoms with Gasteiger partial charge in [0.25, 0.3) is 0 Å². The van der Waals surface area contributed by atoms with Crippen molar-refractivity contribution in [3.8, 4) is 17.0 Å². The van der Waals surface area contributed by atoms with Crippen LogP contribution in [0, 0.1) is 0 Å². The van der Waals surface area contributed by atoms with Crippen LogP contribution in [0.4, 0.5) is 5.69 Å². The van der Waals surface area contributed by atoms with Crippen molar-refractivity contribution < 1.29 is 9.63 Å². The number of hydrogen-bond donors (Lipinski definition) is 2. The molecule has 0 spiro atoms. The van der Waals surface area contributed by atoms with Crippen molar-refractivity contribution in [1.82, 2.24) is 5.16 Å². The van der Waals surface area contributed by atoms with Crippen LogP contribution in [0.1, 0.15) is 0 Å². The molecule has 0 atom stereocenters. The Morgan fingerprint density at radius 2 is 1.83 bits per heavy atom. The number of rotatable bonds is 1. The molecule has 4 nitrogen and oxygen atoms in total. The molecule has 0 radical (unpaired) electrons. The van der Waals surface area contributed by atoms with Gasteiger partial charge in [0.1, 0.15) is 16.5 Å². The fourth-order valence-corrected chi connectivity index (χ4v) is 2.01. The average molecular weight is 261 g/mol. The van der Waals surface area contributed by atoms with Crippen molar-refractivity contribution >= 4 is 28.3 Å². The lowest BCUT2D eigenvalue weighted by Crippen LogP contribution is -1.84. The number of anilines is 1. The van der Waals surface area contributed by atoms with Gasteiger partial charge in [0.05, 0.1) is 5.39 Å². The number of nitrogens with zero attached hydrogens (tertiary/aromatic N) is 1. The van der Waals surface area contributed by atoms with E-state index in [1.807, 2.05) is 12.1 Å². The summed E-state index contributed by atoms with van der Waals surface area (Å²) in [5.41, 5.74) is 8.25. The molecule has 0 bridgehead atoms. The number of aromatic nitrogens is 1. The molecule has 0 aliphatic heterocycles. The molecule has 0 unspecified atom stereocenters. The van der Waals surface area contributed by atoms with E-state index in [9.17, 15) is 5.11 Å². The molecular weight excluding hydrogens is 252 g/mol. The first-order valence-corrected chi connectivity index (χ1v) is 5.67. The van der Waals surface area contributed by atoms with E-state index in [1.165, 1.54) is 6.07 Å². The Balaban J connectivity index is 2.25. The van der Waals surface area contributed by atoms with Gasteiger partial charge in [-0.3, -0.25) is 0 Å². The first-order valence-electron chi connectivity index (χ1n) is 5.29. The number of aromatic hydroxyl groups is 1. The van der Waals surface area contributed by atoms with Crippen LogP contribution in [0.5, 0.6) is 5.75 Å². The summed E-state index contributed by atoms with van der Waals surface area (Å²) in [5, 5.41) is 14.4. The van der Waals surface area contributed by atoms with Crippen molar-refractivity contribution in [1.29, 1.82) is 0 Å². The van der Waals surface area contributed by atoms with E-state index in [1.54, 1.807) is 18.2 Å². The molecule has 5 heteroatoms. The molecule has 0 amide bonds. The fraction of sp³-hybridized carbons (Fsp3) is 0. The summed E-state index contributed by atoms with van der Waals surface area (Å²) < 4.78 is 5.17. The first kappa shape index (κ1) is 10.9. The largest absolute Gasteiger partial charge is 0.506 e. The van der Waals surface area contributed by atoms with E-state index < -0.39 is 0 Å². The number of hydrogen-bond acceptors (Lipinski definition) is 4. The molecule has 3 aromatic rings. The molecular formula is C13H9ClN2O2. The molecule has 0 aliphatic rings. The average Bonchev–Trinajstić information content (AvgIpc) is 2.79. The Bertz CT molecular complexity index is 720. The van der Waals surface area contributed by atoms with Crippen molar-refractivity contribution in [2.24, 2.45) is 0 Å². The summed E-state index contributed by atoms with van der Waals surface area (Å²) in [6.07, 6.45) is 0. The highest BCUT2D eigenvalue weighted by Gasteiger charge is 2.15. The van der Waals surface area contributed by atoms with E-state index in [0.717, 1.165) is 10.9 Å². The molecule has 1 aromatic heterocycles. The number of fused-ring (bicyclic) bond motifs is 1. The van der Waals surface area contributed by atoms with Gasteiger partial charge in [-0.05, 0) is 24.3 Å². The first-order chi connectivity index (χ1) is 8.66. The van der Waals surface area contributed by atoms with Gasteiger partial charge >= 0.3 is 0 Å². The monoisotopic (exact) mass is 260 g/mol. The zero-order valence-electron chi connectivity index (χ0n) is 9.22. The van der Waals surface area contributed by atoms with Gasteiger partial charge in [-0.2, -0.15) is 0 Å². The number of benzene rings is 2. The van der Waals surface area contributed by atoms with E-state index in [2.05, 4.69) is 5.16 Å². The van der Waals surface area contributed by atoms with Crippen LogP contribution >= 0.6 is 11.6 Å². The molecule has 0 saturated carbocycles. The van der Waals surface area contributed by atoms with Gasteiger partial charge in [-0.15, -0.1) is 0 Å². The summed E-state index contributed by atoms with van der Waals surface area (Å²) >= 11 is 5.95. The summed E-state index contributed by atoms with van der Waals surface area (Å²) in [5.74, 6) is -0.0239. The van der Waals surface area contributed by atoms with Gasteiger partial charge in [0.2, 0.25) is 0 Å². The lowest BCUT2D eigenvalue weighted by molar-refractivity contribution is 0.451. The third-order valence-corrected chi connectivity index (χ3v) is 3.11. The smallest absolute Gasteiger partial charge is 0.189 e. The molecule has 90 valence electrons. The second-order valence-electron chi connectivity index (χ2n) is 3.93. The maximum atomic E-state index is 9.50. The third kappa shape index (κ3) is 1.58. The Kier molecular flexibility index (Phi) is 2.38. The van der Waals surface area contributed by atoms with Crippen molar-refractivity contribution in [2.45, 2.75) is 0 Å². The highest BCUT2D eigenvalue weighted by molar-refractivity contribution is 6.36. The molecule has 1 heterocycles. The van der Waals surface area contributed by atoms with E-state index in [0.29, 0.717) is 17.0 Å². The van der Waals surface area contributed by atoms with E-state index in [-0.39, 0.29) is 10.8 Å². The summed E-state index contributed by atoms with van der Waals surface area (Å²) in [6.45, 7) is 0. The van der Waals surface area contributed by atoms with Crippen molar-refractivity contribution in [3.05, 3.63) is 41.4 Å². The van der Waals surface area contributed by atoms with Crippen LogP contribution in [0.15, 0.2) is 40.9 Å². The van der Waals surface area contributed by atoms with Crippen LogP contribution in [0.3, 0.4) is 0 Å². The second kappa shape index (κ2) is 3.92. The summed E-state index contributed by atoms with van der Waals surface area (Å²) in [4.78, 5) is 0. The standard InChI is InChI=1S/C13H9ClN2O2/c14-11-10(17)6-5-9-12(16-18-13(9)11)7-1-3-8(15)4-2-7/h1-6,17H,15H2. The van der Waals surface area contributed by atoms with Crippen LogP contribution in [-0.4, -0.2) is 10.3 Å². The zero-order chi connectivity index (χ0) is 12.7. The lowest BCUT2D eigenvalue weighted by atomic mass is 10.1. The number of nitrogens with two attached hydrogens (primary N) is 1. The minimum atomic E-state index is -0.0239. The highest BCUT2D eigenvalue weighted by atomic mass is 35.5. The minimum absolute atomic E-state index is 0.0239. The van der Waals surface area contributed by atoms with Gasteiger partial charge in [0, 0.05) is 11.3 Å². The van der Waals surface area contributed by atoms with Gasteiger partial charge in [-0.1, -0.05) is 28.9 Å². The van der Waals surface area contributed by atoms with Crippen molar-refractivity contribution in [3.63, 3.8) is 0 Å². The van der Waals surface area contributed by atoms with E-state index >= 15 is 0 Å². The topological polar surface area (TPSA) is 72.3 Å². The van der Waals surface area contributed by atoms with Crippen LogP contribution in [0.25, 0.3) is 22.2 Å². The molecule has 2 aromatic carbocycles. The van der Waals surface area contributed by atoms with Crippen LogP contribution in [-0.2, 0) is 0 Å². The number of phenolic OH excluding ortho intramolecular Hbond substituents is 1. The zero-order valence-corrected chi connectivity index (χ0v) is 9.98. The maximum Gasteiger partial charge on any atom is 0.189 e. The maximum absolute atomic E-state index is 9.50. The quantitative estimate of drug-likeness (QED) is 0.658. The minimum Gasteiger partial charge on any atom is -0.506 e. The van der Waals surface area contributed by atoms with Crippen LogP contribution < -0.4 is 5.73 Å². The summed E-state index contributed by atoms with van der Waals surface area (Å²) in [7, 11) is 0. The second-order valence-corrected chi connectivity index (χ2v) is 4.31. The predicted octanol–water partition coefficient (Wildman–Crippen LogP) is 3.44. The lowest BCUT2D eigenvalue weighted by Gasteiger charge is -1.99. The van der Waals surface area contributed by atoms with Crippen molar-refractivity contribution in [2.75, 3.05) is 5.73 Å².